The number of nitrogen functional groups attached to an aromatic ring is 1. The van der Waals surface area contributed by atoms with Gasteiger partial charge in [0.15, 0.2) is 0 Å². The normalized spacial score (nSPS) is 10.0. The molecule has 0 atom stereocenters. The fraction of sp³-hybridized carbons (Fsp3) is 0.429. The molecule has 8 heteroatoms. The molecule has 7 nitrogen and oxygen atoms in total. The van der Waals surface area contributed by atoms with E-state index in [-0.39, 0.29) is 23.7 Å². The van der Waals surface area contributed by atoms with Crippen LogP contribution in [0, 0.1) is 0 Å². The minimum atomic E-state index is -0.480. The zero-order valence-corrected chi connectivity index (χ0v) is 8.90. The predicted octanol–water partition coefficient (Wildman–Crippen LogP) is -0.581. The standard InChI is InChI=1S/C7H11ClN6O/c1-2-14(3-4(9)15)7-12-5(8)11-6(10)13-7/h2-3H2,1H3,(H2,9,15)(H2,10,11,12,13). The zero-order chi connectivity index (χ0) is 11.4. The van der Waals surface area contributed by atoms with E-state index < -0.39 is 5.91 Å². The second kappa shape index (κ2) is 4.74. The minimum Gasteiger partial charge on any atom is -0.368 e. The molecule has 4 N–H and O–H groups in total. The molecule has 1 aromatic rings. The van der Waals surface area contributed by atoms with Gasteiger partial charge in [-0.05, 0) is 18.5 Å². The van der Waals surface area contributed by atoms with E-state index in [1.807, 2.05) is 6.92 Å². The molecule has 0 aliphatic rings. The summed E-state index contributed by atoms with van der Waals surface area (Å²) >= 11 is 5.60. The number of carbonyl (C=O) groups is 1. The summed E-state index contributed by atoms with van der Waals surface area (Å²) in [5.74, 6) is -0.228. The lowest BCUT2D eigenvalue weighted by Crippen LogP contribution is -2.35. The molecule has 0 aromatic carbocycles. The second-order valence-electron chi connectivity index (χ2n) is 2.74. The number of halogens is 1. The topological polar surface area (TPSA) is 111 Å². The van der Waals surface area contributed by atoms with E-state index in [4.69, 9.17) is 23.1 Å². The molecule has 82 valence electrons. The van der Waals surface area contributed by atoms with E-state index in [1.54, 1.807) is 4.90 Å². The van der Waals surface area contributed by atoms with Crippen LogP contribution in [0.5, 0.6) is 0 Å². The molecule has 0 aliphatic carbocycles. The Bertz CT molecular complexity index is 350. The maximum Gasteiger partial charge on any atom is 0.237 e. The summed E-state index contributed by atoms with van der Waals surface area (Å²) in [5, 5.41) is -0.0135. The average molecular weight is 231 g/mol. The molecule has 0 radical (unpaired) electrons. The maximum absolute atomic E-state index is 10.8. The van der Waals surface area contributed by atoms with E-state index in [2.05, 4.69) is 15.0 Å². The molecule has 0 fully saturated rings. The molecule has 0 unspecified atom stereocenters. The van der Waals surface area contributed by atoms with Gasteiger partial charge in [0.2, 0.25) is 23.1 Å². The van der Waals surface area contributed by atoms with Gasteiger partial charge in [0.1, 0.15) is 0 Å². The van der Waals surface area contributed by atoms with Crippen LogP contribution in [-0.2, 0) is 4.79 Å². The average Bonchev–Trinajstić information content (AvgIpc) is 2.12. The number of anilines is 2. The van der Waals surface area contributed by atoms with E-state index in [1.165, 1.54) is 0 Å². The van der Waals surface area contributed by atoms with Gasteiger partial charge in [0.05, 0.1) is 6.54 Å². The van der Waals surface area contributed by atoms with Crippen molar-refractivity contribution in [3.8, 4) is 0 Å². The Morgan fingerprint density at radius 1 is 1.47 bits per heavy atom. The Kier molecular flexibility index (Phi) is 3.62. The second-order valence-corrected chi connectivity index (χ2v) is 3.08. The fourth-order valence-electron chi connectivity index (χ4n) is 1.01. The van der Waals surface area contributed by atoms with Gasteiger partial charge in [-0.25, -0.2) is 0 Å². The summed E-state index contributed by atoms with van der Waals surface area (Å²) in [7, 11) is 0. The summed E-state index contributed by atoms with van der Waals surface area (Å²) in [6, 6.07) is 0. The van der Waals surface area contributed by atoms with Crippen molar-refractivity contribution in [2.45, 2.75) is 6.92 Å². The third-order valence-corrected chi connectivity index (χ3v) is 1.79. The highest BCUT2D eigenvalue weighted by atomic mass is 35.5. The Morgan fingerprint density at radius 3 is 2.60 bits per heavy atom. The Balaban J connectivity index is 2.95. The third-order valence-electron chi connectivity index (χ3n) is 1.62. The first kappa shape index (κ1) is 11.4. The molecule has 1 rings (SSSR count). The number of likely N-dealkylation sites (N-methyl/N-ethyl adjacent to an activating group) is 1. The Labute approximate surface area is 91.5 Å². The molecule has 15 heavy (non-hydrogen) atoms. The summed E-state index contributed by atoms with van der Waals surface area (Å²) in [4.78, 5) is 23.6. The summed E-state index contributed by atoms with van der Waals surface area (Å²) in [6.45, 7) is 2.36. The van der Waals surface area contributed by atoms with Crippen LogP contribution in [0.2, 0.25) is 5.28 Å². The first-order chi connectivity index (χ1) is 7.02. The molecule has 0 bridgehead atoms. The largest absolute Gasteiger partial charge is 0.368 e. The predicted molar refractivity (Wildman–Crippen MR) is 56.3 cm³/mol. The van der Waals surface area contributed by atoms with Gasteiger partial charge in [-0.2, -0.15) is 15.0 Å². The summed E-state index contributed by atoms with van der Waals surface area (Å²) in [5.41, 5.74) is 10.5. The zero-order valence-electron chi connectivity index (χ0n) is 8.14. The number of nitrogens with zero attached hydrogens (tertiary/aromatic N) is 4. The van der Waals surface area contributed by atoms with E-state index >= 15 is 0 Å². The number of amides is 1. The number of carbonyl (C=O) groups excluding carboxylic acids is 1. The number of nitrogens with two attached hydrogens (primary N) is 2. The molecule has 0 saturated carbocycles. The van der Waals surface area contributed by atoms with Crippen LogP contribution in [0.1, 0.15) is 6.92 Å². The highest BCUT2D eigenvalue weighted by Crippen LogP contribution is 2.11. The van der Waals surface area contributed by atoms with Gasteiger partial charge in [0.25, 0.3) is 0 Å². The number of primary amides is 1. The van der Waals surface area contributed by atoms with Gasteiger partial charge in [-0.1, -0.05) is 0 Å². The van der Waals surface area contributed by atoms with Crippen molar-refractivity contribution in [1.82, 2.24) is 15.0 Å². The van der Waals surface area contributed by atoms with Crippen LogP contribution in [0.25, 0.3) is 0 Å². The van der Waals surface area contributed by atoms with Crippen molar-refractivity contribution in [2.75, 3.05) is 23.7 Å². The van der Waals surface area contributed by atoms with Gasteiger partial charge in [0, 0.05) is 6.54 Å². The molecule has 1 amide bonds. The lowest BCUT2D eigenvalue weighted by molar-refractivity contribution is -0.116. The van der Waals surface area contributed by atoms with Crippen molar-refractivity contribution < 1.29 is 4.79 Å². The van der Waals surface area contributed by atoms with Crippen LogP contribution < -0.4 is 16.4 Å². The van der Waals surface area contributed by atoms with Crippen LogP contribution in [-0.4, -0.2) is 33.9 Å². The third kappa shape index (κ3) is 3.21. The van der Waals surface area contributed by atoms with Crippen molar-refractivity contribution in [2.24, 2.45) is 5.73 Å². The number of rotatable bonds is 4. The fourth-order valence-corrected chi connectivity index (χ4v) is 1.17. The Morgan fingerprint density at radius 2 is 2.13 bits per heavy atom. The highest BCUT2D eigenvalue weighted by Gasteiger charge is 2.12. The van der Waals surface area contributed by atoms with E-state index in [0.29, 0.717) is 6.54 Å². The van der Waals surface area contributed by atoms with Crippen molar-refractivity contribution in [1.29, 1.82) is 0 Å². The van der Waals surface area contributed by atoms with Crippen LogP contribution >= 0.6 is 11.6 Å². The molecule has 1 heterocycles. The molecular weight excluding hydrogens is 220 g/mol. The number of aromatic nitrogens is 3. The van der Waals surface area contributed by atoms with Gasteiger partial charge >= 0.3 is 0 Å². The first-order valence-electron chi connectivity index (χ1n) is 4.23. The van der Waals surface area contributed by atoms with Crippen LogP contribution in [0.15, 0.2) is 0 Å². The minimum absolute atomic E-state index is 0.00733. The quantitative estimate of drug-likeness (QED) is 0.716. The number of hydrogen-bond donors (Lipinski definition) is 2. The molecular formula is C7H11ClN6O. The maximum atomic E-state index is 10.8. The monoisotopic (exact) mass is 230 g/mol. The number of hydrogen-bond acceptors (Lipinski definition) is 6. The van der Waals surface area contributed by atoms with Crippen molar-refractivity contribution >= 4 is 29.4 Å². The Hall–Kier alpha value is -1.63. The highest BCUT2D eigenvalue weighted by molar-refractivity contribution is 6.28. The van der Waals surface area contributed by atoms with Crippen LogP contribution in [0.3, 0.4) is 0 Å². The molecule has 0 saturated heterocycles. The van der Waals surface area contributed by atoms with Gasteiger partial charge in [-0.3, -0.25) is 4.79 Å². The molecule has 0 spiro atoms. The van der Waals surface area contributed by atoms with Crippen molar-refractivity contribution in [3.05, 3.63) is 5.28 Å². The van der Waals surface area contributed by atoms with E-state index in [0.717, 1.165) is 0 Å². The van der Waals surface area contributed by atoms with E-state index in [9.17, 15) is 4.79 Å². The first-order valence-corrected chi connectivity index (χ1v) is 4.61. The summed E-state index contributed by atoms with van der Waals surface area (Å²) < 4.78 is 0. The lowest BCUT2D eigenvalue weighted by atomic mass is 10.5. The smallest absolute Gasteiger partial charge is 0.237 e. The van der Waals surface area contributed by atoms with Gasteiger partial charge < -0.3 is 16.4 Å². The molecule has 1 aromatic heterocycles. The van der Waals surface area contributed by atoms with Crippen molar-refractivity contribution in [3.63, 3.8) is 0 Å². The molecule has 0 aliphatic heterocycles. The van der Waals surface area contributed by atoms with Gasteiger partial charge in [-0.15, -0.1) is 0 Å². The SMILES string of the molecule is CCN(CC(N)=O)c1nc(N)nc(Cl)n1. The lowest BCUT2D eigenvalue weighted by Gasteiger charge is -2.18. The summed E-state index contributed by atoms with van der Waals surface area (Å²) in [6.07, 6.45) is 0. The van der Waals surface area contributed by atoms with Crippen LogP contribution in [0.4, 0.5) is 11.9 Å².